The molecule has 0 aliphatic carbocycles. The topological polar surface area (TPSA) is 76.7 Å². The van der Waals surface area contributed by atoms with Gasteiger partial charge >= 0.3 is 6.18 Å². The lowest BCUT2D eigenvalue weighted by Gasteiger charge is -2.24. The molecule has 3 rings (SSSR count). The van der Waals surface area contributed by atoms with Gasteiger partial charge in [-0.2, -0.15) is 13.2 Å². The number of benzene rings is 2. The van der Waals surface area contributed by atoms with E-state index in [-0.39, 0.29) is 18.0 Å². The minimum atomic E-state index is -4.49. The van der Waals surface area contributed by atoms with E-state index < -0.39 is 22.9 Å². The molecule has 1 aliphatic rings. The number of methoxy groups -OCH3 is 2. The third kappa shape index (κ3) is 5.63. The number of alkyl halides is 3. The number of amides is 2. The van der Waals surface area contributed by atoms with Gasteiger partial charge in [-0.05, 0) is 42.3 Å². The van der Waals surface area contributed by atoms with Crippen molar-refractivity contribution in [3.8, 4) is 11.5 Å². The molecule has 6 nitrogen and oxygen atoms in total. The molecule has 2 amide bonds. The van der Waals surface area contributed by atoms with E-state index in [1.807, 2.05) is 12.1 Å². The maximum Gasteiger partial charge on any atom is 0.416 e. The van der Waals surface area contributed by atoms with Gasteiger partial charge in [0.25, 0.3) is 0 Å². The molecular formula is C21H21F3N2O4S. The van der Waals surface area contributed by atoms with Crippen LogP contribution in [0.2, 0.25) is 0 Å². The van der Waals surface area contributed by atoms with Gasteiger partial charge in [0.15, 0.2) is 11.5 Å². The first-order chi connectivity index (χ1) is 14.7. The molecule has 1 heterocycles. The number of carbonyl (C=O) groups is 2. The Balaban J connectivity index is 1.54. The molecule has 31 heavy (non-hydrogen) atoms. The van der Waals surface area contributed by atoms with E-state index in [0.29, 0.717) is 29.4 Å². The number of carbonyl (C=O) groups excluding carboxylic acids is 2. The smallest absolute Gasteiger partial charge is 0.416 e. The number of ether oxygens (including phenoxy) is 2. The third-order valence-corrected chi connectivity index (χ3v) is 5.96. The molecule has 166 valence electrons. The highest BCUT2D eigenvalue weighted by atomic mass is 32.2. The van der Waals surface area contributed by atoms with E-state index in [4.69, 9.17) is 9.47 Å². The first-order valence-corrected chi connectivity index (χ1v) is 10.3. The standard InChI is InChI=1S/C21H21F3N2O4S/c1-29-15-5-3-12(9-16(15)30-2)7-8-25-19(27)11-18-20(28)26-14-10-13(21(22,23)24)4-6-17(14)31-18/h3-6,9-10,18H,7-8,11H2,1-2H3,(H,25,27)(H,26,28)/t18-/m1/s1. The number of hydrogen-bond acceptors (Lipinski definition) is 5. The van der Waals surface area contributed by atoms with Crippen LogP contribution in [0.15, 0.2) is 41.3 Å². The Bertz CT molecular complexity index is 982. The van der Waals surface area contributed by atoms with Crippen LogP contribution in [-0.2, 0) is 22.2 Å². The SMILES string of the molecule is COc1ccc(CCNC(=O)C[C@H]2Sc3ccc(C(F)(F)F)cc3NC2=O)cc1OC. The van der Waals surface area contributed by atoms with Crippen molar-refractivity contribution in [1.82, 2.24) is 5.32 Å². The van der Waals surface area contributed by atoms with Crippen molar-refractivity contribution in [1.29, 1.82) is 0 Å². The highest BCUT2D eigenvalue weighted by Gasteiger charge is 2.34. The molecule has 0 unspecified atom stereocenters. The normalized spacial score (nSPS) is 15.6. The van der Waals surface area contributed by atoms with E-state index in [2.05, 4.69) is 10.6 Å². The van der Waals surface area contributed by atoms with Crippen molar-refractivity contribution in [3.05, 3.63) is 47.5 Å². The van der Waals surface area contributed by atoms with Gasteiger partial charge in [0, 0.05) is 17.9 Å². The number of hydrogen-bond donors (Lipinski definition) is 2. The van der Waals surface area contributed by atoms with Crippen LogP contribution in [0.1, 0.15) is 17.5 Å². The molecule has 0 bridgehead atoms. The second-order valence-corrected chi connectivity index (χ2v) is 8.04. The fourth-order valence-corrected chi connectivity index (χ4v) is 4.17. The average Bonchev–Trinajstić information content (AvgIpc) is 2.73. The van der Waals surface area contributed by atoms with E-state index in [9.17, 15) is 22.8 Å². The molecule has 10 heteroatoms. The Hall–Kier alpha value is -2.88. The molecular weight excluding hydrogens is 433 g/mol. The summed E-state index contributed by atoms with van der Waals surface area (Å²) in [5.41, 5.74) is 0.213. The van der Waals surface area contributed by atoms with Crippen molar-refractivity contribution < 1.29 is 32.2 Å². The summed E-state index contributed by atoms with van der Waals surface area (Å²) in [5, 5.41) is 4.52. The molecule has 2 N–H and O–H groups in total. The molecule has 2 aromatic carbocycles. The van der Waals surface area contributed by atoms with Crippen molar-refractivity contribution in [2.24, 2.45) is 0 Å². The minimum Gasteiger partial charge on any atom is -0.493 e. The van der Waals surface area contributed by atoms with Gasteiger partial charge in [0.05, 0.1) is 30.7 Å². The molecule has 0 spiro atoms. The van der Waals surface area contributed by atoms with Crippen molar-refractivity contribution >= 4 is 29.3 Å². The zero-order valence-corrected chi connectivity index (χ0v) is 17.7. The maximum absolute atomic E-state index is 12.8. The predicted molar refractivity (Wildman–Crippen MR) is 111 cm³/mol. The highest BCUT2D eigenvalue weighted by molar-refractivity contribution is 8.01. The highest BCUT2D eigenvalue weighted by Crippen LogP contribution is 2.40. The number of rotatable bonds is 7. The van der Waals surface area contributed by atoms with Crippen LogP contribution in [-0.4, -0.2) is 37.8 Å². The molecule has 1 atom stereocenters. The molecule has 0 aromatic heterocycles. The van der Waals surface area contributed by atoms with Crippen LogP contribution in [0, 0.1) is 0 Å². The summed E-state index contributed by atoms with van der Waals surface area (Å²) >= 11 is 1.08. The fraction of sp³-hybridized carbons (Fsp3) is 0.333. The summed E-state index contributed by atoms with van der Waals surface area (Å²) < 4.78 is 49.0. The number of fused-ring (bicyclic) bond motifs is 1. The Labute approximate surface area is 181 Å². The first-order valence-electron chi connectivity index (χ1n) is 9.37. The van der Waals surface area contributed by atoms with Crippen molar-refractivity contribution in [2.75, 3.05) is 26.1 Å². The Morgan fingerprint density at radius 1 is 1.13 bits per heavy atom. The summed E-state index contributed by atoms with van der Waals surface area (Å²) in [7, 11) is 3.09. The molecule has 0 saturated carbocycles. The molecule has 1 aliphatic heterocycles. The lowest BCUT2D eigenvalue weighted by Crippen LogP contribution is -2.35. The fourth-order valence-electron chi connectivity index (χ4n) is 3.08. The number of halogens is 3. The molecule has 0 fully saturated rings. The Kier molecular flexibility index (Phi) is 6.99. The second-order valence-electron chi connectivity index (χ2n) is 6.80. The lowest BCUT2D eigenvalue weighted by atomic mass is 10.1. The van der Waals surface area contributed by atoms with Crippen LogP contribution in [0.4, 0.5) is 18.9 Å². The summed E-state index contributed by atoms with van der Waals surface area (Å²) in [6.07, 6.45) is -4.02. The van der Waals surface area contributed by atoms with Crippen LogP contribution < -0.4 is 20.1 Å². The van der Waals surface area contributed by atoms with Crippen molar-refractivity contribution in [2.45, 2.75) is 29.2 Å². The van der Waals surface area contributed by atoms with Crippen LogP contribution >= 0.6 is 11.8 Å². The van der Waals surface area contributed by atoms with Crippen molar-refractivity contribution in [3.63, 3.8) is 0 Å². The third-order valence-electron chi connectivity index (χ3n) is 4.68. The zero-order valence-electron chi connectivity index (χ0n) is 16.8. The van der Waals surface area contributed by atoms with Gasteiger partial charge < -0.3 is 20.1 Å². The zero-order chi connectivity index (χ0) is 22.6. The van der Waals surface area contributed by atoms with Gasteiger partial charge in [0.2, 0.25) is 11.8 Å². The minimum absolute atomic E-state index is 0.0805. The monoisotopic (exact) mass is 454 g/mol. The summed E-state index contributed by atoms with van der Waals surface area (Å²) in [6.45, 7) is 0.360. The first kappa shape index (κ1) is 22.8. The quantitative estimate of drug-likeness (QED) is 0.664. The molecule has 0 radical (unpaired) electrons. The number of anilines is 1. The van der Waals surface area contributed by atoms with E-state index in [0.717, 1.165) is 29.5 Å². The Morgan fingerprint density at radius 2 is 1.87 bits per heavy atom. The van der Waals surface area contributed by atoms with Crippen LogP contribution in [0.3, 0.4) is 0 Å². The maximum atomic E-state index is 12.8. The van der Waals surface area contributed by atoms with E-state index in [1.165, 1.54) is 6.07 Å². The number of thioether (sulfide) groups is 1. The summed E-state index contributed by atoms with van der Waals surface area (Å²) in [4.78, 5) is 25.0. The van der Waals surface area contributed by atoms with Crippen LogP contribution in [0.25, 0.3) is 0 Å². The van der Waals surface area contributed by atoms with Gasteiger partial charge in [-0.3, -0.25) is 9.59 Å². The second kappa shape index (κ2) is 9.51. The largest absolute Gasteiger partial charge is 0.493 e. The summed E-state index contributed by atoms with van der Waals surface area (Å²) in [6, 6.07) is 8.64. The van der Waals surface area contributed by atoms with E-state index >= 15 is 0 Å². The molecule has 0 saturated heterocycles. The predicted octanol–water partition coefficient (Wildman–Crippen LogP) is 3.88. The van der Waals surface area contributed by atoms with E-state index in [1.54, 1.807) is 20.3 Å². The molecule has 2 aromatic rings. The van der Waals surface area contributed by atoms with Gasteiger partial charge in [-0.1, -0.05) is 6.07 Å². The Morgan fingerprint density at radius 3 is 2.55 bits per heavy atom. The van der Waals surface area contributed by atoms with Gasteiger partial charge in [-0.25, -0.2) is 0 Å². The van der Waals surface area contributed by atoms with Crippen LogP contribution in [0.5, 0.6) is 11.5 Å². The van der Waals surface area contributed by atoms with Gasteiger partial charge in [0.1, 0.15) is 0 Å². The summed E-state index contributed by atoms with van der Waals surface area (Å²) in [5.74, 6) is 0.391. The van der Waals surface area contributed by atoms with Gasteiger partial charge in [-0.15, -0.1) is 11.8 Å². The average molecular weight is 454 g/mol. The lowest BCUT2D eigenvalue weighted by molar-refractivity contribution is -0.137. The number of nitrogens with one attached hydrogen (secondary N) is 2.